The maximum Gasteiger partial charge on any atom is 0.245 e. The van der Waals surface area contributed by atoms with Crippen LogP contribution in [0.1, 0.15) is 24.8 Å². The SMILES string of the molecule is O=S(=O)(c1ccccc1)N1CCC[C@@H]1c1nc(-c2ncn[nH]2)no1. The van der Waals surface area contributed by atoms with E-state index < -0.39 is 16.1 Å². The second-order valence-corrected chi connectivity index (χ2v) is 7.27. The van der Waals surface area contributed by atoms with Crippen LogP contribution in [0.15, 0.2) is 46.1 Å². The lowest BCUT2D eigenvalue weighted by Gasteiger charge is -2.21. The van der Waals surface area contributed by atoms with Crippen LogP contribution in [0, 0.1) is 0 Å². The summed E-state index contributed by atoms with van der Waals surface area (Å²) in [5.74, 6) is 0.894. The van der Waals surface area contributed by atoms with Gasteiger partial charge < -0.3 is 4.52 Å². The summed E-state index contributed by atoms with van der Waals surface area (Å²) in [7, 11) is -3.61. The average molecular weight is 346 g/mol. The molecular weight excluding hydrogens is 332 g/mol. The molecule has 1 fully saturated rings. The Balaban J connectivity index is 1.66. The van der Waals surface area contributed by atoms with Gasteiger partial charge in [0.2, 0.25) is 21.7 Å². The van der Waals surface area contributed by atoms with E-state index in [0.717, 1.165) is 6.42 Å². The van der Waals surface area contributed by atoms with E-state index in [2.05, 4.69) is 25.3 Å². The molecule has 124 valence electrons. The van der Waals surface area contributed by atoms with Crippen LogP contribution in [0.5, 0.6) is 0 Å². The predicted octanol–water partition coefficient (Wildman–Crippen LogP) is 1.38. The number of hydrogen-bond acceptors (Lipinski definition) is 7. The van der Waals surface area contributed by atoms with E-state index in [4.69, 9.17) is 4.52 Å². The molecule has 1 atom stereocenters. The Labute approximate surface area is 137 Å². The number of nitrogens with one attached hydrogen (secondary N) is 1. The van der Waals surface area contributed by atoms with E-state index in [1.807, 2.05) is 0 Å². The third-order valence-corrected chi connectivity index (χ3v) is 5.83. The Morgan fingerprint density at radius 1 is 1.25 bits per heavy atom. The number of aromatic amines is 1. The lowest BCUT2D eigenvalue weighted by molar-refractivity contribution is 0.290. The zero-order valence-electron chi connectivity index (χ0n) is 12.5. The average Bonchev–Trinajstić information content (AvgIpc) is 3.34. The van der Waals surface area contributed by atoms with Crippen molar-refractivity contribution in [3.8, 4) is 11.6 Å². The minimum atomic E-state index is -3.61. The highest BCUT2D eigenvalue weighted by Gasteiger charge is 2.39. The number of H-pyrrole nitrogens is 1. The predicted molar refractivity (Wildman–Crippen MR) is 82.0 cm³/mol. The normalized spacial score (nSPS) is 18.9. The van der Waals surface area contributed by atoms with Crippen LogP contribution in [0.2, 0.25) is 0 Å². The number of benzene rings is 1. The molecule has 10 heteroatoms. The van der Waals surface area contributed by atoms with Gasteiger partial charge in [0, 0.05) is 6.54 Å². The number of aromatic nitrogens is 5. The molecule has 1 aliphatic rings. The van der Waals surface area contributed by atoms with E-state index in [1.54, 1.807) is 30.3 Å². The minimum Gasteiger partial charge on any atom is -0.337 e. The fraction of sp³-hybridized carbons (Fsp3) is 0.286. The molecule has 0 radical (unpaired) electrons. The van der Waals surface area contributed by atoms with Crippen molar-refractivity contribution < 1.29 is 12.9 Å². The number of sulfonamides is 1. The Morgan fingerprint density at radius 3 is 2.83 bits per heavy atom. The van der Waals surface area contributed by atoms with Crippen LogP contribution in [0.4, 0.5) is 0 Å². The summed E-state index contributed by atoms with van der Waals surface area (Å²) in [6.07, 6.45) is 2.70. The van der Waals surface area contributed by atoms with Gasteiger partial charge in [-0.3, -0.25) is 5.10 Å². The largest absolute Gasteiger partial charge is 0.337 e. The van der Waals surface area contributed by atoms with Gasteiger partial charge in [0.1, 0.15) is 12.4 Å². The fourth-order valence-electron chi connectivity index (χ4n) is 2.78. The Hall–Kier alpha value is -2.59. The molecule has 1 saturated heterocycles. The van der Waals surface area contributed by atoms with E-state index in [9.17, 15) is 8.42 Å². The van der Waals surface area contributed by atoms with Crippen LogP contribution in [-0.4, -0.2) is 44.6 Å². The summed E-state index contributed by atoms with van der Waals surface area (Å²) in [6.45, 7) is 0.419. The van der Waals surface area contributed by atoms with E-state index in [1.165, 1.54) is 10.6 Å². The highest BCUT2D eigenvalue weighted by atomic mass is 32.2. The molecule has 24 heavy (non-hydrogen) atoms. The second-order valence-electron chi connectivity index (χ2n) is 5.38. The Bertz CT molecular complexity index is 923. The third-order valence-electron chi connectivity index (χ3n) is 3.91. The highest BCUT2D eigenvalue weighted by Crippen LogP contribution is 2.36. The molecule has 0 spiro atoms. The second kappa shape index (κ2) is 5.80. The van der Waals surface area contributed by atoms with Gasteiger partial charge in [-0.2, -0.15) is 14.4 Å². The first kappa shape index (κ1) is 15.0. The molecule has 1 aromatic carbocycles. The number of nitrogens with zero attached hydrogens (tertiary/aromatic N) is 5. The van der Waals surface area contributed by atoms with E-state index in [-0.39, 0.29) is 16.6 Å². The monoisotopic (exact) mass is 346 g/mol. The fourth-order valence-corrected chi connectivity index (χ4v) is 4.45. The molecule has 4 rings (SSSR count). The van der Waals surface area contributed by atoms with E-state index in [0.29, 0.717) is 18.8 Å². The van der Waals surface area contributed by atoms with Gasteiger partial charge in [0.25, 0.3) is 0 Å². The summed E-state index contributed by atoms with van der Waals surface area (Å²) in [4.78, 5) is 8.49. The standard InChI is InChI=1S/C14H14N6O3S/c21-24(22,10-5-2-1-3-6-10)20-8-4-7-11(20)14-17-13(19-23-14)12-15-9-16-18-12/h1-3,5-6,9,11H,4,7-8H2,(H,15,16,18)/t11-/m1/s1. The topological polar surface area (TPSA) is 118 Å². The molecule has 0 saturated carbocycles. The van der Waals surface area contributed by atoms with Crippen molar-refractivity contribution in [2.75, 3.05) is 6.54 Å². The van der Waals surface area contributed by atoms with Gasteiger partial charge in [-0.1, -0.05) is 23.4 Å². The van der Waals surface area contributed by atoms with Crippen LogP contribution in [0.3, 0.4) is 0 Å². The van der Waals surface area contributed by atoms with Crippen molar-refractivity contribution in [3.05, 3.63) is 42.5 Å². The third kappa shape index (κ3) is 2.49. The maximum atomic E-state index is 12.9. The van der Waals surface area contributed by atoms with Crippen LogP contribution >= 0.6 is 0 Å². The molecular formula is C14H14N6O3S. The van der Waals surface area contributed by atoms with Gasteiger partial charge in [0.05, 0.1) is 4.90 Å². The van der Waals surface area contributed by atoms with Crippen molar-refractivity contribution in [1.82, 2.24) is 29.6 Å². The van der Waals surface area contributed by atoms with Crippen molar-refractivity contribution in [2.24, 2.45) is 0 Å². The van der Waals surface area contributed by atoms with Crippen molar-refractivity contribution in [2.45, 2.75) is 23.8 Å². The van der Waals surface area contributed by atoms with Crippen molar-refractivity contribution >= 4 is 10.0 Å². The van der Waals surface area contributed by atoms with Gasteiger partial charge in [-0.15, -0.1) is 0 Å². The molecule has 3 aromatic rings. The number of rotatable bonds is 4. The molecule has 0 bridgehead atoms. The quantitative estimate of drug-likeness (QED) is 0.758. The highest BCUT2D eigenvalue weighted by molar-refractivity contribution is 7.89. The molecule has 0 amide bonds. The maximum absolute atomic E-state index is 12.9. The summed E-state index contributed by atoms with van der Waals surface area (Å²) < 4.78 is 32.4. The van der Waals surface area contributed by atoms with E-state index >= 15 is 0 Å². The van der Waals surface area contributed by atoms with Crippen LogP contribution < -0.4 is 0 Å². The van der Waals surface area contributed by atoms with Crippen molar-refractivity contribution in [1.29, 1.82) is 0 Å². The summed E-state index contributed by atoms with van der Waals surface area (Å²) in [5, 5.41) is 10.2. The summed E-state index contributed by atoms with van der Waals surface area (Å²) in [5.41, 5.74) is 0. The van der Waals surface area contributed by atoms with Crippen molar-refractivity contribution in [3.63, 3.8) is 0 Å². The smallest absolute Gasteiger partial charge is 0.245 e. The van der Waals surface area contributed by atoms with Gasteiger partial charge in [-0.25, -0.2) is 13.4 Å². The van der Waals surface area contributed by atoms with Crippen LogP contribution in [0.25, 0.3) is 11.6 Å². The molecule has 9 nitrogen and oxygen atoms in total. The molecule has 1 aliphatic heterocycles. The van der Waals surface area contributed by atoms with Gasteiger partial charge >= 0.3 is 0 Å². The Kier molecular flexibility index (Phi) is 3.62. The van der Waals surface area contributed by atoms with Gasteiger partial charge in [-0.05, 0) is 25.0 Å². The molecule has 2 aromatic heterocycles. The summed E-state index contributed by atoms with van der Waals surface area (Å²) in [6, 6.07) is 7.87. The first-order valence-electron chi connectivity index (χ1n) is 7.42. The first-order valence-corrected chi connectivity index (χ1v) is 8.86. The molecule has 0 unspecified atom stereocenters. The van der Waals surface area contributed by atoms with Gasteiger partial charge in [0.15, 0.2) is 5.82 Å². The number of hydrogen-bond donors (Lipinski definition) is 1. The first-order chi connectivity index (χ1) is 11.7. The lowest BCUT2D eigenvalue weighted by Crippen LogP contribution is -2.30. The van der Waals surface area contributed by atoms with Crippen LogP contribution in [-0.2, 0) is 10.0 Å². The lowest BCUT2D eigenvalue weighted by atomic mass is 10.2. The molecule has 3 heterocycles. The zero-order valence-corrected chi connectivity index (χ0v) is 13.3. The molecule has 0 aliphatic carbocycles. The zero-order chi connectivity index (χ0) is 16.6. The summed E-state index contributed by atoms with van der Waals surface area (Å²) >= 11 is 0. The molecule has 1 N–H and O–H groups in total. The minimum absolute atomic E-state index is 0.256. The Morgan fingerprint density at radius 2 is 2.08 bits per heavy atom.